The van der Waals surface area contributed by atoms with Crippen LogP contribution in [0.2, 0.25) is 0 Å². The number of hydrogen-bond donors (Lipinski definition) is 2. The average molecular weight is 438 g/mol. The second-order valence-electron chi connectivity index (χ2n) is 7.29. The molecule has 0 radical (unpaired) electrons. The lowest BCUT2D eigenvalue weighted by Gasteiger charge is -2.13. The van der Waals surface area contributed by atoms with E-state index in [1.807, 2.05) is 24.3 Å². The van der Waals surface area contributed by atoms with E-state index in [0.29, 0.717) is 41.6 Å². The quantitative estimate of drug-likeness (QED) is 0.597. The summed E-state index contributed by atoms with van der Waals surface area (Å²) in [5.41, 5.74) is 2.97. The van der Waals surface area contributed by atoms with E-state index in [2.05, 4.69) is 27.2 Å². The highest BCUT2D eigenvalue weighted by molar-refractivity contribution is 5.87. The molecule has 0 spiro atoms. The number of nitrogens with zero attached hydrogens (tertiary/aromatic N) is 2. The van der Waals surface area contributed by atoms with Crippen LogP contribution in [0.3, 0.4) is 0 Å². The number of hydrogen-bond acceptors (Lipinski definition) is 5. The molecular weight excluding hydrogens is 414 g/mol. The van der Waals surface area contributed by atoms with Gasteiger partial charge in [-0.15, -0.1) is 0 Å². The predicted octanol–water partition coefficient (Wildman–Crippen LogP) is 5.13. The van der Waals surface area contributed by atoms with E-state index in [4.69, 9.17) is 4.74 Å². The van der Waals surface area contributed by atoms with Gasteiger partial charge >= 0.3 is 0 Å². The van der Waals surface area contributed by atoms with Crippen molar-refractivity contribution in [2.45, 2.75) is 33.1 Å². The molecule has 0 saturated carbocycles. The summed E-state index contributed by atoms with van der Waals surface area (Å²) < 4.78 is 32.0. The molecule has 1 aromatic carbocycles. The summed E-state index contributed by atoms with van der Waals surface area (Å²) in [6.45, 7) is 7.09. The Balaban J connectivity index is 1.63. The highest BCUT2D eigenvalue weighted by atomic mass is 19.3. The number of rotatable bonds is 8. The van der Waals surface area contributed by atoms with Gasteiger partial charge < -0.3 is 15.4 Å². The molecule has 1 aliphatic carbocycles. The highest BCUT2D eigenvalue weighted by Crippen LogP contribution is 2.24. The number of ether oxygens (including phenoxy) is 1. The maximum atomic E-state index is 13.1. The molecule has 1 aromatic heterocycles. The minimum Gasteiger partial charge on any atom is -0.439 e. The molecule has 166 valence electrons. The highest BCUT2D eigenvalue weighted by Gasteiger charge is 2.12. The monoisotopic (exact) mass is 438 g/mol. The molecule has 32 heavy (non-hydrogen) atoms. The Morgan fingerprint density at radius 2 is 2.03 bits per heavy atom. The molecule has 1 amide bonds. The topological polar surface area (TPSA) is 76.1 Å². The van der Waals surface area contributed by atoms with Crippen LogP contribution in [0.25, 0.3) is 0 Å². The van der Waals surface area contributed by atoms with Crippen molar-refractivity contribution >= 4 is 11.7 Å². The van der Waals surface area contributed by atoms with E-state index in [1.165, 1.54) is 25.4 Å². The van der Waals surface area contributed by atoms with Crippen molar-refractivity contribution in [2.75, 3.05) is 5.32 Å². The van der Waals surface area contributed by atoms with Crippen LogP contribution >= 0.6 is 0 Å². The van der Waals surface area contributed by atoms with Crippen molar-refractivity contribution in [1.82, 2.24) is 15.3 Å². The molecule has 1 heterocycles. The molecule has 1 aliphatic rings. The minimum absolute atomic E-state index is 0.0445. The van der Waals surface area contributed by atoms with Crippen LogP contribution in [0.15, 0.2) is 78.6 Å². The van der Waals surface area contributed by atoms with Gasteiger partial charge in [0, 0.05) is 42.8 Å². The summed E-state index contributed by atoms with van der Waals surface area (Å²) in [5, 5.41) is 5.82. The van der Waals surface area contributed by atoms with Crippen molar-refractivity contribution in [3.05, 3.63) is 95.3 Å². The number of allylic oxidation sites excluding steroid dienone is 5. The van der Waals surface area contributed by atoms with E-state index >= 15 is 0 Å². The second kappa shape index (κ2) is 10.5. The maximum Gasteiger partial charge on any atom is 0.264 e. The molecule has 8 heteroatoms. The van der Waals surface area contributed by atoms with Crippen LogP contribution in [0.1, 0.15) is 36.5 Å². The fraction of sp³-hybridized carbons (Fsp3) is 0.208. The largest absolute Gasteiger partial charge is 0.439 e. The predicted molar refractivity (Wildman–Crippen MR) is 119 cm³/mol. The van der Waals surface area contributed by atoms with Crippen molar-refractivity contribution in [3.8, 4) is 5.88 Å². The number of aromatic nitrogens is 2. The van der Waals surface area contributed by atoms with E-state index in [1.54, 1.807) is 19.1 Å². The van der Waals surface area contributed by atoms with Gasteiger partial charge in [-0.25, -0.2) is 18.7 Å². The second-order valence-corrected chi connectivity index (χ2v) is 7.29. The summed E-state index contributed by atoms with van der Waals surface area (Å²) in [5.74, 6) is 0.960. The molecule has 6 nitrogen and oxygen atoms in total. The zero-order valence-corrected chi connectivity index (χ0v) is 17.9. The van der Waals surface area contributed by atoms with Crippen molar-refractivity contribution in [2.24, 2.45) is 0 Å². The van der Waals surface area contributed by atoms with Crippen LogP contribution in [0.4, 0.5) is 14.6 Å². The lowest BCUT2D eigenvalue weighted by Crippen LogP contribution is -2.13. The third kappa shape index (κ3) is 6.60. The van der Waals surface area contributed by atoms with Gasteiger partial charge in [-0.1, -0.05) is 24.8 Å². The zero-order chi connectivity index (χ0) is 23.1. The van der Waals surface area contributed by atoms with Crippen LogP contribution in [-0.4, -0.2) is 15.9 Å². The number of nitrogens with one attached hydrogen (secondary N) is 2. The molecule has 0 unspecified atom stereocenters. The van der Waals surface area contributed by atoms with Gasteiger partial charge in [-0.05, 0) is 42.3 Å². The smallest absolute Gasteiger partial charge is 0.264 e. The van der Waals surface area contributed by atoms with Crippen LogP contribution in [0.5, 0.6) is 5.88 Å². The van der Waals surface area contributed by atoms with Gasteiger partial charge in [-0.2, -0.15) is 0 Å². The normalized spacial score (nSPS) is 13.2. The minimum atomic E-state index is -2.50. The number of alkyl halides is 2. The Hall–Kier alpha value is -3.81. The van der Waals surface area contributed by atoms with Gasteiger partial charge in [-0.3, -0.25) is 4.79 Å². The Morgan fingerprint density at radius 1 is 1.22 bits per heavy atom. The summed E-state index contributed by atoms with van der Waals surface area (Å²) in [6.07, 6.45) is 7.21. The first kappa shape index (κ1) is 22.9. The summed E-state index contributed by atoms with van der Waals surface area (Å²) >= 11 is 0. The van der Waals surface area contributed by atoms with Gasteiger partial charge in [0.05, 0.1) is 0 Å². The third-order valence-electron chi connectivity index (χ3n) is 4.57. The third-order valence-corrected chi connectivity index (χ3v) is 4.57. The SMILES string of the molecule is C=C(Cc1ccc(C)c(C(F)F)c1)NC1=CC=C(Oc2cc(NC(C)=O)ncn2)C=CC1. The van der Waals surface area contributed by atoms with Crippen LogP contribution in [0, 0.1) is 6.92 Å². The van der Waals surface area contributed by atoms with Crippen molar-refractivity contribution in [3.63, 3.8) is 0 Å². The number of carbonyl (C=O) groups is 1. The lowest BCUT2D eigenvalue weighted by molar-refractivity contribution is -0.114. The fourth-order valence-corrected chi connectivity index (χ4v) is 3.09. The van der Waals surface area contributed by atoms with Gasteiger partial charge in [0.15, 0.2) is 0 Å². The summed E-state index contributed by atoms with van der Waals surface area (Å²) in [6, 6.07) is 6.59. The van der Waals surface area contributed by atoms with E-state index in [9.17, 15) is 13.6 Å². The Labute approximate surface area is 185 Å². The summed E-state index contributed by atoms with van der Waals surface area (Å²) in [4.78, 5) is 19.2. The number of anilines is 1. The number of amides is 1. The molecule has 0 aliphatic heterocycles. The number of carbonyl (C=O) groups excluding carboxylic acids is 1. The molecule has 0 atom stereocenters. The standard InChI is InChI=1S/C24H24F2N4O2/c1-15-7-8-18(12-21(15)24(25)26)11-16(2)29-19-5-4-6-20(10-9-19)32-23-13-22(27-14-28-23)30-17(3)31/h4,6-10,12-14,24,29H,2,5,11H2,1,3H3,(H,27,28,30,31). The molecular formula is C24H24F2N4O2. The molecule has 3 rings (SSSR count). The number of aryl methyl sites for hydroxylation is 1. The lowest BCUT2D eigenvalue weighted by atomic mass is 10.0. The van der Waals surface area contributed by atoms with Crippen molar-refractivity contribution in [1.29, 1.82) is 0 Å². The fourth-order valence-electron chi connectivity index (χ4n) is 3.09. The number of halogens is 2. The molecule has 0 saturated heterocycles. The Kier molecular flexibility index (Phi) is 7.49. The van der Waals surface area contributed by atoms with Gasteiger partial charge in [0.1, 0.15) is 17.9 Å². The maximum absolute atomic E-state index is 13.1. The zero-order valence-electron chi connectivity index (χ0n) is 17.9. The van der Waals surface area contributed by atoms with Gasteiger partial charge in [0.25, 0.3) is 6.43 Å². The molecule has 2 N–H and O–H groups in total. The van der Waals surface area contributed by atoms with Gasteiger partial charge in [0.2, 0.25) is 11.8 Å². The molecule has 0 bridgehead atoms. The Morgan fingerprint density at radius 3 is 2.78 bits per heavy atom. The molecule has 0 fully saturated rings. The first-order valence-corrected chi connectivity index (χ1v) is 9.97. The Bertz CT molecular complexity index is 1110. The van der Waals surface area contributed by atoms with E-state index < -0.39 is 6.43 Å². The van der Waals surface area contributed by atoms with Crippen molar-refractivity contribution < 1.29 is 18.3 Å². The first-order valence-electron chi connectivity index (χ1n) is 9.97. The van der Waals surface area contributed by atoms with Crippen LogP contribution < -0.4 is 15.4 Å². The summed E-state index contributed by atoms with van der Waals surface area (Å²) in [7, 11) is 0. The van der Waals surface area contributed by atoms with E-state index in [-0.39, 0.29) is 11.5 Å². The number of benzene rings is 1. The van der Waals surface area contributed by atoms with Crippen LogP contribution in [-0.2, 0) is 11.2 Å². The molecule has 2 aromatic rings. The van der Waals surface area contributed by atoms with E-state index in [0.717, 1.165) is 11.3 Å². The first-order chi connectivity index (χ1) is 15.3. The average Bonchev–Trinajstić information content (AvgIpc) is 2.94.